The van der Waals surface area contributed by atoms with Gasteiger partial charge < -0.3 is 14.0 Å². The van der Waals surface area contributed by atoms with E-state index in [1.54, 1.807) is 0 Å². The average molecular weight is 280 g/mol. The van der Waals surface area contributed by atoms with E-state index in [0.29, 0.717) is 12.3 Å². The zero-order valence-corrected chi connectivity index (χ0v) is 13.2. The molecule has 0 aromatic heterocycles. The highest BCUT2D eigenvalue weighted by Gasteiger charge is 2.52. The first-order chi connectivity index (χ1) is 9.25. The van der Waals surface area contributed by atoms with Crippen LogP contribution < -0.4 is 0 Å². The summed E-state index contributed by atoms with van der Waals surface area (Å²) in [7, 11) is 1.20. The lowest BCUT2D eigenvalue weighted by Crippen LogP contribution is -2.41. The van der Waals surface area contributed by atoms with Gasteiger partial charge in [-0.25, -0.2) is 0 Å². The quantitative estimate of drug-likeness (QED) is 0.589. The van der Waals surface area contributed by atoms with Crippen molar-refractivity contribution < 1.29 is 18.8 Å². The zero-order chi connectivity index (χ0) is 15.0. The van der Waals surface area contributed by atoms with E-state index in [2.05, 4.69) is 33.8 Å². The molecule has 2 aliphatic rings. The molecular weight excluding hydrogens is 255 g/mol. The molecule has 1 fully saturated rings. The third kappa shape index (κ3) is 3.09. The van der Waals surface area contributed by atoms with E-state index < -0.39 is 0 Å². The van der Waals surface area contributed by atoms with Crippen molar-refractivity contribution in [3.63, 3.8) is 0 Å². The monoisotopic (exact) mass is 280 g/mol. The molecule has 112 valence electrons. The molecule has 0 aromatic carbocycles. The van der Waals surface area contributed by atoms with Crippen LogP contribution in [0.1, 0.15) is 53.4 Å². The molecule has 1 atom stereocenters. The molecule has 1 saturated heterocycles. The van der Waals surface area contributed by atoms with Gasteiger partial charge in [0.25, 0.3) is 0 Å². The molecule has 1 heterocycles. The van der Waals surface area contributed by atoms with Gasteiger partial charge in [0.1, 0.15) is 0 Å². The second-order valence-corrected chi connectivity index (χ2v) is 6.79. The molecule has 1 aliphatic carbocycles. The van der Waals surface area contributed by atoms with Crippen molar-refractivity contribution in [2.75, 3.05) is 7.11 Å². The van der Waals surface area contributed by atoms with Crippen molar-refractivity contribution in [2.24, 2.45) is 5.92 Å². The summed E-state index contributed by atoms with van der Waals surface area (Å²) in [4.78, 5) is 11.3. The van der Waals surface area contributed by atoms with Gasteiger partial charge in [-0.2, -0.15) is 0 Å². The van der Waals surface area contributed by atoms with Crippen LogP contribution in [0.15, 0.2) is 11.5 Å². The number of carbonyl (C=O) groups excluding carboxylic acids is 1. The Morgan fingerprint density at radius 1 is 1.35 bits per heavy atom. The minimum absolute atomic E-state index is 0.123. The molecule has 5 heteroatoms. The van der Waals surface area contributed by atoms with Gasteiger partial charge in [-0.05, 0) is 58.3 Å². The van der Waals surface area contributed by atoms with Crippen LogP contribution in [0.25, 0.3) is 0 Å². The third-order valence-corrected chi connectivity index (χ3v) is 4.79. The number of ether oxygens (including phenoxy) is 1. The number of esters is 1. The Kier molecular flexibility index (Phi) is 4.31. The van der Waals surface area contributed by atoms with E-state index in [1.807, 2.05) is 0 Å². The summed E-state index contributed by atoms with van der Waals surface area (Å²) in [5.41, 5.74) is 0.632. The van der Waals surface area contributed by atoms with Crippen LogP contribution in [0.4, 0.5) is 0 Å². The van der Waals surface area contributed by atoms with Gasteiger partial charge in [-0.1, -0.05) is 6.08 Å². The average Bonchev–Trinajstić information content (AvgIpc) is 2.59. The number of allylic oxidation sites excluding steroid dienone is 2. The summed E-state index contributed by atoms with van der Waals surface area (Å²) >= 11 is 0. The van der Waals surface area contributed by atoms with E-state index in [-0.39, 0.29) is 24.3 Å². The third-order valence-electron chi connectivity index (χ3n) is 4.79. The van der Waals surface area contributed by atoms with Gasteiger partial charge in [0, 0.05) is 6.42 Å². The smallest absolute Gasteiger partial charge is 0.469 e. The summed E-state index contributed by atoms with van der Waals surface area (Å²) in [5.74, 6) is 0.260. The van der Waals surface area contributed by atoms with Gasteiger partial charge in [-0.15, -0.1) is 0 Å². The molecule has 4 nitrogen and oxygen atoms in total. The lowest BCUT2D eigenvalue weighted by molar-refractivity contribution is -0.141. The van der Waals surface area contributed by atoms with E-state index in [1.165, 1.54) is 12.6 Å². The molecule has 0 unspecified atom stereocenters. The molecule has 0 N–H and O–H groups in total. The number of methoxy groups -OCH3 is 1. The SMILES string of the molecule is COC(=O)C[C@@H]1CC=C(B2OC(C)(C)C(C)(C)O2)CC1. The zero-order valence-electron chi connectivity index (χ0n) is 13.2. The van der Waals surface area contributed by atoms with E-state index in [9.17, 15) is 4.79 Å². The second kappa shape index (κ2) is 5.53. The van der Waals surface area contributed by atoms with Gasteiger partial charge in [0.05, 0.1) is 18.3 Å². The summed E-state index contributed by atoms with van der Waals surface area (Å²) in [5, 5.41) is 0. The van der Waals surface area contributed by atoms with Crippen molar-refractivity contribution in [1.82, 2.24) is 0 Å². The van der Waals surface area contributed by atoms with Crippen LogP contribution in [-0.2, 0) is 18.8 Å². The molecular formula is C15H25BO4. The van der Waals surface area contributed by atoms with Gasteiger partial charge in [0.2, 0.25) is 0 Å². The Labute approximate surface area is 122 Å². The predicted octanol–water partition coefficient (Wildman–Crippen LogP) is 2.91. The van der Waals surface area contributed by atoms with E-state index in [0.717, 1.165) is 19.3 Å². The minimum atomic E-state index is -0.290. The highest BCUT2D eigenvalue weighted by Crippen LogP contribution is 2.40. The number of carbonyl (C=O) groups is 1. The van der Waals surface area contributed by atoms with Crippen molar-refractivity contribution in [3.8, 4) is 0 Å². The lowest BCUT2D eigenvalue weighted by atomic mass is 9.70. The van der Waals surface area contributed by atoms with Crippen LogP contribution >= 0.6 is 0 Å². The fourth-order valence-electron chi connectivity index (χ4n) is 2.62. The summed E-state index contributed by atoms with van der Waals surface area (Å²) in [6.45, 7) is 8.26. The number of hydrogen-bond acceptors (Lipinski definition) is 4. The minimum Gasteiger partial charge on any atom is -0.469 e. The first-order valence-electron chi connectivity index (χ1n) is 7.36. The molecule has 0 aromatic rings. The van der Waals surface area contributed by atoms with Crippen LogP contribution in [0, 0.1) is 5.92 Å². The predicted molar refractivity (Wildman–Crippen MR) is 78.1 cm³/mol. The Balaban J connectivity index is 1.95. The van der Waals surface area contributed by atoms with Crippen molar-refractivity contribution in [3.05, 3.63) is 11.5 Å². The van der Waals surface area contributed by atoms with Gasteiger partial charge in [-0.3, -0.25) is 4.79 Å². The summed E-state index contributed by atoms with van der Waals surface area (Å²) < 4.78 is 16.8. The maximum atomic E-state index is 11.3. The van der Waals surface area contributed by atoms with Crippen LogP contribution in [-0.4, -0.2) is 31.4 Å². The molecule has 0 radical (unpaired) electrons. The highest BCUT2D eigenvalue weighted by atomic mass is 16.7. The maximum absolute atomic E-state index is 11.3. The fourth-order valence-corrected chi connectivity index (χ4v) is 2.62. The Morgan fingerprint density at radius 3 is 2.40 bits per heavy atom. The molecule has 2 rings (SSSR count). The Morgan fingerprint density at radius 2 is 1.95 bits per heavy atom. The Bertz CT molecular complexity index is 398. The molecule has 0 bridgehead atoms. The second-order valence-electron chi connectivity index (χ2n) is 6.79. The fraction of sp³-hybridized carbons (Fsp3) is 0.800. The van der Waals surface area contributed by atoms with Gasteiger partial charge in [0.15, 0.2) is 0 Å². The molecule has 0 spiro atoms. The lowest BCUT2D eigenvalue weighted by Gasteiger charge is -2.32. The topological polar surface area (TPSA) is 44.8 Å². The largest absolute Gasteiger partial charge is 0.490 e. The molecule has 1 aliphatic heterocycles. The van der Waals surface area contributed by atoms with Crippen LogP contribution in [0.5, 0.6) is 0 Å². The van der Waals surface area contributed by atoms with Crippen LogP contribution in [0.3, 0.4) is 0 Å². The van der Waals surface area contributed by atoms with Crippen LogP contribution in [0.2, 0.25) is 0 Å². The maximum Gasteiger partial charge on any atom is 0.490 e. The molecule has 0 saturated carbocycles. The van der Waals surface area contributed by atoms with Crippen molar-refractivity contribution in [1.29, 1.82) is 0 Å². The number of rotatable bonds is 3. The van der Waals surface area contributed by atoms with Crippen molar-refractivity contribution in [2.45, 2.75) is 64.6 Å². The highest BCUT2D eigenvalue weighted by molar-refractivity contribution is 6.54. The first-order valence-corrected chi connectivity index (χ1v) is 7.36. The standard InChI is InChI=1S/C15H25BO4/c1-14(2)15(3,4)20-16(19-14)12-8-6-11(7-9-12)10-13(17)18-5/h8,11H,6-7,9-10H2,1-5H3/t11-/m1/s1. The van der Waals surface area contributed by atoms with Gasteiger partial charge >= 0.3 is 13.1 Å². The van der Waals surface area contributed by atoms with E-state index in [4.69, 9.17) is 14.0 Å². The molecule has 20 heavy (non-hydrogen) atoms. The summed E-state index contributed by atoms with van der Waals surface area (Å²) in [6.07, 6.45) is 5.50. The van der Waals surface area contributed by atoms with Crippen molar-refractivity contribution >= 4 is 13.1 Å². The number of hydrogen-bond donors (Lipinski definition) is 0. The first kappa shape index (κ1) is 15.6. The Hall–Kier alpha value is -0.805. The summed E-state index contributed by atoms with van der Waals surface area (Å²) in [6, 6.07) is 0. The molecule has 0 amide bonds. The van der Waals surface area contributed by atoms with E-state index >= 15 is 0 Å². The normalized spacial score (nSPS) is 28.1.